The molecule has 0 spiro atoms. The topological polar surface area (TPSA) is 38.3 Å². The van der Waals surface area contributed by atoms with E-state index in [-0.39, 0.29) is 11.6 Å². The van der Waals surface area contributed by atoms with Gasteiger partial charge in [-0.15, -0.1) is 0 Å². The van der Waals surface area contributed by atoms with Gasteiger partial charge in [0.15, 0.2) is 0 Å². The fraction of sp³-hybridized carbons (Fsp3) is 0.417. The summed E-state index contributed by atoms with van der Waals surface area (Å²) in [6.45, 7) is 2.01. The van der Waals surface area contributed by atoms with Crippen molar-refractivity contribution < 1.29 is 13.9 Å². The molecule has 1 N–H and O–H groups in total. The average molecular weight is 304 g/mol. The van der Waals surface area contributed by atoms with Crippen LogP contribution in [0.1, 0.15) is 15.9 Å². The first-order valence-electron chi connectivity index (χ1n) is 5.21. The summed E-state index contributed by atoms with van der Waals surface area (Å²) in [7, 11) is 1.55. The normalized spacial score (nSPS) is 12.2. The van der Waals surface area contributed by atoms with E-state index in [1.54, 1.807) is 26.2 Å². The molecule has 1 unspecified atom stereocenters. The minimum absolute atomic E-state index is 0.0621. The van der Waals surface area contributed by atoms with Crippen molar-refractivity contribution in [2.75, 3.05) is 19.0 Å². The molecule has 1 amide bonds. The monoisotopic (exact) mass is 303 g/mol. The fourth-order valence-corrected chi connectivity index (χ4v) is 1.76. The van der Waals surface area contributed by atoms with E-state index in [2.05, 4.69) is 21.2 Å². The number of halogens is 2. The van der Waals surface area contributed by atoms with Crippen molar-refractivity contribution in [1.82, 2.24) is 5.32 Å². The number of benzene rings is 1. The quantitative estimate of drug-likeness (QED) is 0.848. The molecule has 0 radical (unpaired) electrons. The number of hydrogen-bond acceptors (Lipinski definition) is 2. The first-order chi connectivity index (χ1) is 8.10. The van der Waals surface area contributed by atoms with Crippen molar-refractivity contribution in [1.29, 1.82) is 0 Å². The smallest absolute Gasteiger partial charge is 0.254 e. The number of nitrogens with one attached hydrogen (secondary N) is 1. The van der Waals surface area contributed by atoms with Crippen molar-refractivity contribution in [3.05, 3.63) is 35.1 Å². The molecular weight excluding hydrogens is 289 g/mol. The number of aryl methyl sites for hydroxylation is 1. The summed E-state index contributed by atoms with van der Waals surface area (Å²) < 4.78 is 18.6. The molecule has 0 fully saturated rings. The number of hydrogen-bond donors (Lipinski definition) is 1. The van der Waals surface area contributed by atoms with Crippen LogP contribution in [0.5, 0.6) is 0 Å². The number of methoxy groups -OCH3 is 1. The number of ether oxygens (including phenoxy) is 1. The Labute approximate surface area is 108 Å². The lowest BCUT2D eigenvalue weighted by atomic mass is 10.1. The van der Waals surface area contributed by atoms with Crippen molar-refractivity contribution in [3.63, 3.8) is 0 Å². The molecule has 5 heteroatoms. The molecule has 0 saturated heterocycles. The van der Waals surface area contributed by atoms with Crippen LogP contribution >= 0.6 is 15.9 Å². The van der Waals surface area contributed by atoms with E-state index in [9.17, 15) is 9.18 Å². The average Bonchev–Trinajstić information content (AvgIpc) is 2.31. The highest BCUT2D eigenvalue weighted by molar-refractivity contribution is 9.09. The van der Waals surface area contributed by atoms with Crippen LogP contribution in [0, 0.1) is 12.7 Å². The summed E-state index contributed by atoms with van der Waals surface area (Å²) >= 11 is 3.26. The van der Waals surface area contributed by atoms with E-state index in [4.69, 9.17) is 4.74 Å². The van der Waals surface area contributed by atoms with Gasteiger partial charge >= 0.3 is 0 Å². The molecule has 0 heterocycles. The van der Waals surface area contributed by atoms with E-state index in [1.165, 1.54) is 6.07 Å². The molecule has 1 rings (SSSR count). The summed E-state index contributed by atoms with van der Waals surface area (Å²) in [4.78, 5) is 11.8. The molecule has 1 atom stereocenters. The van der Waals surface area contributed by atoms with Gasteiger partial charge in [0.05, 0.1) is 18.2 Å². The second-order valence-electron chi connectivity index (χ2n) is 3.72. The number of amides is 1. The summed E-state index contributed by atoms with van der Waals surface area (Å²) in [5, 5.41) is 3.26. The number of alkyl halides is 1. The third kappa shape index (κ3) is 3.78. The van der Waals surface area contributed by atoms with Crippen LogP contribution in [-0.2, 0) is 4.74 Å². The Morgan fingerprint density at radius 2 is 2.29 bits per heavy atom. The van der Waals surface area contributed by atoms with Gasteiger partial charge in [0.1, 0.15) is 5.82 Å². The second-order valence-corrected chi connectivity index (χ2v) is 4.36. The zero-order valence-electron chi connectivity index (χ0n) is 9.80. The standard InChI is InChI=1S/C12H15BrFNO2/c1-8-4-3-5-10(11(8)14)12(16)15-9(6-13)7-17-2/h3-5,9H,6-7H2,1-2H3,(H,15,16). The van der Waals surface area contributed by atoms with Crippen molar-refractivity contribution in [2.24, 2.45) is 0 Å². The second kappa shape index (κ2) is 6.71. The molecule has 0 aliphatic carbocycles. The van der Waals surface area contributed by atoms with E-state index in [0.29, 0.717) is 17.5 Å². The molecule has 0 aromatic heterocycles. The van der Waals surface area contributed by atoms with Crippen LogP contribution in [0.2, 0.25) is 0 Å². The van der Waals surface area contributed by atoms with Crippen molar-refractivity contribution in [3.8, 4) is 0 Å². The van der Waals surface area contributed by atoms with Crippen LogP contribution in [0.4, 0.5) is 4.39 Å². The third-order valence-corrected chi connectivity index (χ3v) is 3.11. The molecule has 1 aromatic carbocycles. The van der Waals surface area contributed by atoms with Crippen LogP contribution in [0.3, 0.4) is 0 Å². The maximum absolute atomic E-state index is 13.7. The van der Waals surface area contributed by atoms with E-state index >= 15 is 0 Å². The Balaban J connectivity index is 2.79. The molecule has 17 heavy (non-hydrogen) atoms. The van der Waals surface area contributed by atoms with E-state index < -0.39 is 11.7 Å². The van der Waals surface area contributed by atoms with Crippen LogP contribution in [0.25, 0.3) is 0 Å². The van der Waals surface area contributed by atoms with Gasteiger partial charge < -0.3 is 10.1 Å². The summed E-state index contributed by atoms with van der Waals surface area (Å²) in [5.41, 5.74) is 0.520. The van der Waals surface area contributed by atoms with Gasteiger partial charge in [0.25, 0.3) is 5.91 Å². The number of rotatable bonds is 5. The highest BCUT2D eigenvalue weighted by atomic mass is 79.9. The number of carbonyl (C=O) groups excluding carboxylic acids is 1. The molecule has 0 aliphatic heterocycles. The van der Waals surface area contributed by atoms with Gasteiger partial charge in [-0.05, 0) is 18.6 Å². The molecule has 0 saturated carbocycles. The molecular formula is C12H15BrFNO2. The third-order valence-electron chi connectivity index (χ3n) is 2.33. The Kier molecular flexibility index (Phi) is 5.58. The van der Waals surface area contributed by atoms with Gasteiger partial charge in [-0.3, -0.25) is 4.79 Å². The van der Waals surface area contributed by atoms with E-state index in [1.807, 2.05) is 0 Å². The Morgan fingerprint density at radius 1 is 1.59 bits per heavy atom. The molecule has 0 bridgehead atoms. The largest absolute Gasteiger partial charge is 0.383 e. The zero-order valence-corrected chi connectivity index (χ0v) is 11.4. The summed E-state index contributed by atoms with van der Waals surface area (Å²) in [6.07, 6.45) is 0. The Morgan fingerprint density at radius 3 is 2.88 bits per heavy atom. The van der Waals surface area contributed by atoms with E-state index in [0.717, 1.165) is 0 Å². The minimum atomic E-state index is -0.476. The highest BCUT2D eigenvalue weighted by Gasteiger charge is 2.16. The predicted molar refractivity (Wildman–Crippen MR) is 68.1 cm³/mol. The predicted octanol–water partition coefficient (Wildman–Crippen LogP) is 2.27. The fourth-order valence-electron chi connectivity index (χ4n) is 1.41. The summed E-state index contributed by atoms with van der Waals surface area (Å²) in [5.74, 6) is -0.900. The maximum atomic E-state index is 13.7. The highest BCUT2D eigenvalue weighted by Crippen LogP contribution is 2.12. The van der Waals surface area contributed by atoms with Crippen molar-refractivity contribution >= 4 is 21.8 Å². The van der Waals surface area contributed by atoms with Crippen LogP contribution in [-0.4, -0.2) is 31.0 Å². The van der Waals surface area contributed by atoms with Gasteiger partial charge in [-0.25, -0.2) is 4.39 Å². The van der Waals surface area contributed by atoms with Crippen LogP contribution in [0.15, 0.2) is 18.2 Å². The molecule has 0 aliphatic rings. The van der Waals surface area contributed by atoms with Gasteiger partial charge in [-0.1, -0.05) is 28.1 Å². The van der Waals surface area contributed by atoms with Gasteiger partial charge in [0.2, 0.25) is 0 Å². The lowest BCUT2D eigenvalue weighted by molar-refractivity contribution is 0.0903. The first kappa shape index (κ1) is 14.1. The molecule has 94 valence electrons. The molecule has 3 nitrogen and oxygen atoms in total. The first-order valence-corrected chi connectivity index (χ1v) is 6.33. The lowest BCUT2D eigenvalue weighted by Gasteiger charge is -2.15. The summed E-state index contributed by atoms with van der Waals surface area (Å²) in [6, 6.07) is 4.58. The Bertz CT molecular complexity index is 398. The zero-order chi connectivity index (χ0) is 12.8. The van der Waals surface area contributed by atoms with Crippen molar-refractivity contribution in [2.45, 2.75) is 13.0 Å². The minimum Gasteiger partial charge on any atom is -0.383 e. The van der Waals surface area contributed by atoms with Crippen LogP contribution < -0.4 is 5.32 Å². The Hall–Kier alpha value is -0.940. The number of carbonyl (C=O) groups is 1. The SMILES string of the molecule is COCC(CBr)NC(=O)c1cccc(C)c1F. The molecule has 1 aromatic rings. The maximum Gasteiger partial charge on any atom is 0.254 e. The lowest BCUT2D eigenvalue weighted by Crippen LogP contribution is -2.39. The van der Waals surface area contributed by atoms with Gasteiger partial charge in [-0.2, -0.15) is 0 Å². The van der Waals surface area contributed by atoms with Gasteiger partial charge in [0, 0.05) is 12.4 Å².